The van der Waals surface area contributed by atoms with Crippen molar-refractivity contribution in [3.63, 3.8) is 0 Å². The molecule has 18 heavy (non-hydrogen) atoms. The van der Waals surface area contributed by atoms with Crippen LogP contribution in [-0.4, -0.2) is 21.0 Å². The normalized spacial score (nSPS) is 10.2. The molecule has 0 unspecified atom stereocenters. The van der Waals surface area contributed by atoms with Gasteiger partial charge in [0.15, 0.2) is 0 Å². The topological polar surface area (TPSA) is 60.4 Å². The predicted molar refractivity (Wildman–Crippen MR) is 75.3 cm³/mol. The van der Waals surface area contributed by atoms with Crippen LogP contribution < -0.4 is 0 Å². The first-order valence-electron chi connectivity index (χ1n) is 4.81. The minimum atomic E-state index is -3.72. The van der Waals surface area contributed by atoms with Crippen molar-refractivity contribution < 1.29 is 17.9 Å². The molecule has 0 aliphatic rings. The zero-order valence-electron chi connectivity index (χ0n) is 9.40. The molecule has 1 aromatic carbocycles. The molecule has 0 amide bonds. The summed E-state index contributed by atoms with van der Waals surface area (Å²) in [7, 11) is 4.81. The molecule has 0 radical (unpaired) electrons. The van der Waals surface area contributed by atoms with E-state index in [1.165, 1.54) is 0 Å². The molecule has 1 aromatic rings. The molecule has 0 atom stereocenters. The number of hydrogen-bond acceptors (Lipinski definition) is 4. The van der Waals surface area contributed by atoms with Crippen molar-refractivity contribution in [1.82, 2.24) is 0 Å². The maximum Gasteiger partial charge on any atom is 0.338 e. The summed E-state index contributed by atoms with van der Waals surface area (Å²) in [5.41, 5.74) is 0.586. The van der Waals surface area contributed by atoms with E-state index in [0.29, 0.717) is 12.2 Å². The second-order valence-corrected chi connectivity index (χ2v) is 7.61. The summed E-state index contributed by atoms with van der Waals surface area (Å²) in [5, 5.41) is 0. The molecule has 0 heterocycles. The van der Waals surface area contributed by atoms with Gasteiger partial charge in [-0.15, -0.1) is 0 Å². The largest absolute Gasteiger partial charge is 0.462 e. The van der Waals surface area contributed by atoms with Gasteiger partial charge in [0, 0.05) is 25.8 Å². The number of benzene rings is 1. The van der Waals surface area contributed by atoms with Gasteiger partial charge in [-0.25, -0.2) is 4.79 Å². The number of rotatable bonds is 3. The minimum Gasteiger partial charge on any atom is -0.462 e. The van der Waals surface area contributed by atoms with Crippen molar-refractivity contribution in [2.45, 2.75) is 13.3 Å². The summed E-state index contributed by atoms with van der Waals surface area (Å²) in [6, 6.07) is 7.17. The zero-order chi connectivity index (χ0) is 14.2. The Hall–Kier alpha value is -0.300. The maximum atomic E-state index is 11.3. The molecule has 0 spiro atoms. The second-order valence-electron chi connectivity index (χ2n) is 3.02. The average molecular weight is 378 g/mol. The summed E-state index contributed by atoms with van der Waals surface area (Å²) >= 11 is 3.29. The highest BCUT2D eigenvalue weighted by molar-refractivity contribution is 9.10. The summed E-state index contributed by atoms with van der Waals surface area (Å²) in [6.07, 6.45) is 0.847. The standard InChI is InChI=1S/C10H11BrO2.Cl2O2S/c1-2-6-13-10(12)8-4-3-5-9(11)7-8;1-5(2,3)4/h3-5,7H,2,6H2,1H3;. The second kappa shape index (κ2) is 8.74. The number of ether oxygens (including phenoxy) is 1. The molecule has 0 fully saturated rings. The third-order valence-electron chi connectivity index (χ3n) is 1.50. The lowest BCUT2D eigenvalue weighted by molar-refractivity contribution is 0.0505. The van der Waals surface area contributed by atoms with Gasteiger partial charge in [0.05, 0.1) is 12.2 Å². The molecular formula is C10H11BrCl2O4S. The van der Waals surface area contributed by atoms with E-state index in [-0.39, 0.29) is 5.97 Å². The summed E-state index contributed by atoms with van der Waals surface area (Å²) in [5.74, 6) is -0.261. The number of carbonyl (C=O) groups is 1. The van der Waals surface area contributed by atoms with E-state index in [2.05, 4.69) is 37.3 Å². The van der Waals surface area contributed by atoms with Gasteiger partial charge in [-0.2, -0.15) is 8.42 Å². The molecule has 0 saturated heterocycles. The van der Waals surface area contributed by atoms with Crippen LogP contribution in [0.5, 0.6) is 0 Å². The fourth-order valence-corrected chi connectivity index (χ4v) is 1.29. The summed E-state index contributed by atoms with van der Waals surface area (Å²) < 4.78 is 24.2. The lowest BCUT2D eigenvalue weighted by Crippen LogP contribution is -2.05. The van der Waals surface area contributed by atoms with Crippen LogP contribution in [0.1, 0.15) is 23.7 Å². The Morgan fingerprint density at radius 2 is 1.94 bits per heavy atom. The van der Waals surface area contributed by atoms with Crippen LogP contribution in [-0.2, 0) is 13.0 Å². The molecule has 0 N–H and O–H groups in total. The van der Waals surface area contributed by atoms with E-state index < -0.39 is 8.26 Å². The van der Waals surface area contributed by atoms with Gasteiger partial charge < -0.3 is 4.74 Å². The van der Waals surface area contributed by atoms with E-state index in [1.54, 1.807) is 12.1 Å². The smallest absolute Gasteiger partial charge is 0.338 e. The molecule has 8 heteroatoms. The van der Waals surface area contributed by atoms with Gasteiger partial charge in [0.25, 0.3) is 0 Å². The number of halogens is 3. The first-order chi connectivity index (χ1) is 8.24. The van der Waals surface area contributed by atoms with E-state index in [9.17, 15) is 4.79 Å². The van der Waals surface area contributed by atoms with Crippen LogP contribution in [0.25, 0.3) is 0 Å². The Morgan fingerprint density at radius 3 is 2.39 bits per heavy atom. The van der Waals surface area contributed by atoms with Crippen LogP contribution >= 0.6 is 37.3 Å². The van der Waals surface area contributed by atoms with Crippen LogP contribution in [0, 0.1) is 0 Å². The summed E-state index contributed by atoms with van der Waals surface area (Å²) in [6.45, 7) is 2.44. The predicted octanol–water partition coefficient (Wildman–Crippen LogP) is 3.72. The van der Waals surface area contributed by atoms with E-state index >= 15 is 0 Å². The number of carbonyl (C=O) groups excluding carboxylic acids is 1. The minimum absolute atomic E-state index is 0.261. The van der Waals surface area contributed by atoms with Gasteiger partial charge in [-0.3, -0.25) is 0 Å². The zero-order valence-corrected chi connectivity index (χ0v) is 13.3. The average Bonchev–Trinajstić information content (AvgIpc) is 2.23. The van der Waals surface area contributed by atoms with Crippen molar-refractivity contribution in [3.8, 4) is 0 Å². The van der Waals surface area contributed by atoms with E-state index in [4.69, 9.17) is 13.2 Å². The van der Waals surface area contributed by atoms with Crippen LogP contribution in [0.3, 0.4) is 0 Å². The molecular weight excluding hydrogens is 367 g/mol. The molecule has 102 valence electrons. The highest BCUT2D eigenvalue weighted by atomic mass is 79.9. The van der Waals surface area contributed by atoms with Crippen molar-refractivity contribution in [1.29, 1.82) is 0 Å². The van der Waals surface area contributed by atoms with Gasteiger partial charge in [-0.05, 0) is 24.6 Å². The van der Waals surface area contributed by atoms with E-state index in [0.717, 1.165) is 10.9 Å². The molecule has 0 aliphatic carbocycles. The molecule has 0 aliphatic heterocycles. The van der Waals surface area contributed by atoms with Gasteiger partial charge in [0.1, 0.15) is 0 Å². The number of esters is 1. The third kappa shape index (κ3) is 10.8. The van der Waals surface area contributed by atoms with Crippen molar-refractivity contribution in [3.05, 3.63) is 34.3 Å². The van der Waals surface area contributed by atoms with Crippen LogP contribution in [0.15, 0.2) is 28.7 Å². The Balaban J connectivity index is 0.000000494. The van der Waals surface area contributed by atoms with Gasteiger partial charge in [-0.1, -0.05) is 28.9 Å². The van der Waals surface area contributed by atoms with Crippen LogP contribution in [0.4, 0.5) is 0 Å². The monoisotopic (exact) mass is 376 g/mol. The molecule has 0 aromatic heterocycles. The van der Waals surface area contributed by atoms with Crippen molar-refractivity contribution >= 4 is 51.5 Å². The fraction of sp³-hybridized carbons (Fsp3) is 0.300. The SMILES string of the molecule is CCCOC(=O)c1cccc(Br)c1.O=S(=O)(Cl)Cl. The fourth-order valence-electron chi connectivity index (χ4n) is 0.894. The highest BCUT2D eigenvalue weighted by Gasteiger charge is 2.05. The van der Waals surface area contributed by atoms with Crippen molar-refractivity contribution in [2.75, 3.05) is 6.61 Å². The number of hydrogen-bond donors (Lipinski definition) is 0. The van der Waals surface area contributed by atoms with E-state index in [1.807, 2.05) is 19.1 Å². The quantitative estimate of drug-likeness (QED) is 0.594. The molecule has 0 saturated carbocycles. The molecule has 1 rings (SSSR count). The van der Waals surface area contributed by atoms with Gasteiger partial charge >= 0.3 is 14.2 Å². The van der Waals surface area contributed by atoms with Gasteiger partial charge in [0.2, 0.25) is 0 Å². The maximum absolute atomic E-state index is 11.3. The Bertz CT molecular complexity index is 482. The van der Waals surface area contributed by atoms with Crippen molar-refractivity contribution in [2.24, 2.45) is 0 Å². The first kappa shape index (κ1) is 17.7. The lowest BCUT2D eigenvalue weighted by Gasteiger charge is -2.02. The Kier molecular flexibility index (Phi) is 8.60. The Morgan fingerprint density at radius 1 is 1.39 bits per heavy atom. The highest BCUT2D eigenvalue weighted by Crippen LogP contribution is 2.12. The molecule has 0 bridgehead atoms. The van der Waals surface area contributed by atoms with Crippen LogP contribution in [0.2, 0.25) is 0 Å². The summed E-state index contributed by atoms with van der Waals surface area (Å²) in [4.78, 5) is 11.3. The lowest BCUT2D eigenvalue weighted by atomic mass is 10.2. The third-order valence-corrected chi connectivity index (χ3v) is 1.99. The molecule has 4 nitrogen and oxygen atoms in total. The first-order valence-corrected chi connectivity index (χ1v) is 8.73. The Labute approximate surface area is 123 Å².